The molecule has 0 atom stereocenters. The Morgan fingerprint density at radius 2 is 1.77 bits per heavy atom. The van der Waals surface area contributed by atoms with Gasteiger partial charge in [-0.05, 0) is 58.2 Å². The standard InChI is InChI=1S/C25H31N7O3/c1-16-13-26-23(29-21(16)17-5-7-18(8-6-17)22(33)34)28-19-14-27-32(15-19)20-9-11-31(12-10-20)24(35)30-25(2,3)4/h5-8,13-15,20H,9-12H2,1-4H3,(H,30,35)(H,33,34)(H,26,28,29). The van der Waals surface area contributed by atoms with E-state index in [1.165, 1.54) is 0 Å². The van der Waals surface area contributed by atoms with Gasteiger partial charge in [0.2, 0.25) is 5.95 Å². The van der Waals surface area contributed by atoms with E-state index in [1.54, 1.807) is 36.7 Å². The fourth-order valence-electron chi connectivity index (χ4n) is 4.03. The number of hydrogen-bond acceptors (Lipinski definition) is 6. The van der Waals surface area contributed by atoms with E-state index in [-0.39, 0.29) is 23.2 Å². The summed E-state index contributed by atoms with van der Waals surface area (Å²) in [7, 11) is 0. The SMILES string of the molecule is Cc1cnc(Nc2cnn(C3CCN(C(=O)NC(C)(C)C)CC3)c2)nc1-c1ccc(C(=O)O)cc1. The van der Waals surface area contributed by atoms with Gasteiger partial charge in [-0.2, -0.15) is 5.10 Å². The predicted molar refractivity (Wildman–Crippen MR) is 133 cm³/mol. The van der Waals surface area contributed by atoms with Crippen LogP contribution in [0, 0.1) is 6.92 Å². The van der Waals surface area contributed by atoms with Gasteiger partial charge in [-0.3, -0.25) is 4.68 Å². The van der Waals surface area contributed by atoms with Gasteiger partial charge in [0.25, 0.3) is 0 Å². The van der Waals surface area contributed by atoms with Crippen molar-refractivity contribution in [2.24, 2.45) is 0 Å². The summed E-state index contributed by atoms with van der Waals surface area (Å²) in [6, 6.07) is 6.81. The Labute approximate surface area is 204 Å². The maximum atomic E-state index is 12.4. The maximum Gasteiger partial charge on any atom is 0.335 e. The molecule has 10 nitrogen and oxygen atoms in total. The molecule has 0 unspecified atom stereocenters. The summed E-state index contributed by atoms with van der Waals surface area (Å²) in [6.45, 7) is 9.21. The van der Waals surface area contributed by atoms with Crippen molar-refractivity contribution in [3.05, 3.63) is 54.0 Å². The van der Waals surface area contributed by atoms with Crippen LogP contribution < -0.4 is 10.6 Å². The van der Waals surface area contributed by atoms with E-state index in [1.807, 2.05) is 43.5 Å². The Morgan fingerprint density at radius 3 is 2.40 bits per heavy atom. The van der Waals surface area contributed by atoms with E-state index in [4.69, 9.17) is 5.11 Å². The number of carbonyl (C=O) groups excluding carboxylic acids is 1. The van der Waals surface area contributed by atoms with Crippen LogP contribution in [0.4, 0.5) is 16.4 Å². The first kappa shape index (κ1) is 24.2. The van der Waals surface area contributed by atoms with Crippen molar-refractivity contribution >= 4 is 23.6 Å². The third kappa shape index (κ3) is 5.95. The molecule has 2 amide bonds. The predicted octanol–water partition coefficient (Wildman–Crippen LogP) is 4.24. The third-order valence-corrected chi connectivity index (χ3v) is 5.84. The lowest BCUT2D eigenvalue weighted by Gasteiger charge is -2.34. The number of hydrogen-bond donors (Lipinski definition) is 3. The minimum absolute atomic E-state index is 0.0244. The number of nitrogens with zero attached hydrogens (tertiary/aromatic N) is 5. The molecule has 184 valence electrons. The van der Waals surface area contributed by atoms with Gasteiger partial charge in [-0.15, -0.1) is 0 Å². The molecule has 35 heavy (non-hydrogen) atoms. The zero-order chi connectivity index (χ0) is 25.2. The minimum atomic E-state index is -0.964. The molecule has 0 saturated carbocycles. The van der Waals surface area contributed by atoms with Crippen molar-refractivity contribution < 1.29 is 14.7 Å². The van der Waals surface area contributed by atoms with Crippen molar-refractivity contribution in [3.63, 3.8) is 0 Å². The molecule has 0 aliphatic carbocycles. The maximum absolute atomic E-state index is 12.4. The summed E-state index contributed by atoms with van der Waals surface area (Å²) in [5, 5.41) is 19.9. The smallest absolute Gasteiger partial charge is 0.335 e. The van der Waals surface area contributed by atoms with E-state index in [0.29, 0.717) is 19.0 Å². The number of aromatic carboxylic acids is 1. The molecule has 3 aromatic rings. The van der Waals surface area contributed by atoms with Crippen molar-refractivity contribution in [2.45, 2.75) is 52.1 Å². The number of aromatic nitrogens is 4. The first-order valence-corrected chi connectivity index (χ1v) is 11.6. The molecule has 1 saturated heterocycles. The summed E-state index contributed by atoms with van der Waals surface area (Å²) in [6.07, 6.45) is 7.06. The van der Waals surface area contributed by atoms with E-state index in [9.17, 15) is 9.59 Å². The van der Waals surface area contributed by atoms with Gasteiger partial charge >= 0.3 is 12.0 Å². The Kier molecular flexibility index (Phi) is 6.72. The quantitative estimate of drug-likeness (QED) is 0.502. The molecule has 10 heteroatoms. The molecule has 3 N–H and O–H groups in total. The van der Waals surface area contributed by atoms with Crippen LogP contribution in [0.15, 0.2) is 42.9 Å². The van der Waals surface area contributed by atoms with Crippen LogP contribution in [-0.4, -0.2) is 60.4 Å². The van der Waals surface area contributed by atoms with Crippen LogP contribution in [0.1, 0.15) is 55.6 Å². The number of benzene rings is 1. The van der Waals surface area contributed by atoms with Crippen LogP contribution in [0.5, 0.6) is 0 Å². The number of piperidine rings is 1. The van der Waals surface area contributed by atoms with Crippen LogP contribution in [0.25, 0.3) is 11.3 Å². The minimum Gasteiger partial charge on any atom is -0.478 e. The van der Waals surface area contributed by atoms with Gasteiger partial charge in [-0.1, -0.05) is 12.1 Å². The molecule has 1 aliphatic heterocycles. The van der Waals surface area contributed by atoms with E-state index >= 15 is 0 Å². The van der Waals surface area contributed by atoms with E-state index in [0.717, 1.165) is 35.3 Å². The number of carboxylic acids is 1. The zero-order valence-electron chi connectivity index (χ0n) is 20.4. The van der Waals surface area contributed by atoms with Crippen molar-refractivity contribution in [3.8, 4) is 11.3 Å². The van der Waals surface area contributed by atoms with Crippen molar-refractivity contribution in [2.75, 3.05) is 18.4 Å². The van der Waals surface area contributed by atoms with Gasteiger partial charge in [0.05, 0.1) is 29.2 Å². The first-order chi connectivity index (χ1) is 16.6. The molecule has 0 radical (unpaired) electrons. The fraction of sp³-hybridized carbons (Fsp3) is 0.400. The zero-order valence-corrected chi connectivity index (χ0v) is 20.4. The lowest BCUT2D eigenvalue weighted by Crippen LogP contribution is -2.50. The van der Waals surface area contributed by atoms with Crippen molar-refractivity contribution in [1.29, 1.82) is 0 Å². The highest BCUT2D eigenvalue weighted by Gasteiger charge is 2.26. The summed E-state index contributed by atoms with van der Waals surface area (Å²) < 4.78 is 1.93. The Morgan fingerprint density at radius 1 is 1.09 bits per heavy atom. The molecule has 1 fully saturated rings. The Balaban J connectivity index is 1.40. The Bertz CT molecular complexity index is 1210. The highest BCUT2D eigenvalue weighted by Crippen LogP contribution is 2.26. The van der Waals surface area contributed by atoms with Gasteiger partial charge in [0.15, 0.2) is 0 Å². The van der Waals surface area contributed by atoms with Crippen LogP contribution >= 0.6 is 0 Å². The number of anilines is 2. The molecule has 0 bridgehead atoms. The molecular formula is C25H31N7O3. The van der Waals surface area contributed by atoms with E-state index in [2.05, 4.69) is 25.7 Å². The number of nitrogens with one attached hydrogen (secondary N) is 2. The average molecular weight is 478 g/mol. The highest BCUT2D eigenvalue weighted by atomic mass is 16.4. The second-order valence-corrected chi connectivity index (χ2v) is 9.84. The highest BCUT2D eigenvalue weighted by molar-refractivity contribution is 5.88. The second-order valence-electron chi connectivity index (χ2n) is 9.84. The number of amides is 2. The first-order valence-electron chi connectivity index (χ1n) is 11.6. The van der Waals surface area contributed by atoms with Gasteiger partial charge in [-0.25, -0.2) is 19.6 Å². The molecule has 1 aromatic carbocycles. The summed E-state index contributed by atoms with van der Waals surface area (Å²) in [5.74, 6) is -0.532. The summed E-state index contributed by atoms with van der Waals surface area (Å²) >= 11 is 0. The number of likely N-dealkylation sites (tertiary alicyclic amines) is 1. The molecular weight excluding hydrogens is 446 g/mol. The monoisotopic (exact) mass is 477 g/mol. The lowest BCUT2D eigenvalue weighted by molar-refractivity contribution is 0.0697. The molecule has 4 rings (SSSR count). The van der Waals surface area contributed by atoms with Gasteiger partial charge < -0.3 is 20.6 Å². The third-order valence-electron chi connectivity index (χ3n) is 5.84. The van der Waals surface area contributed by atoms with Crippen molar-refractivity contribution in [1.82, 2.24) is 30.0 Å². The number of carboxylic acid groups (broad SMARTS) is 1. The number of aryl methyl sites for hydroxylation is 1. The average Bonchev–Trinajstić information content (AvgIpc) is 3.28. The Hall–Kier alpha value is -3.95. The normalized spacial score (nSPS) is 14.6. The van der Waals surface area contributed by atoms with Crippen LogP contribution in [-0.2, 0) is 0 Å². The fourth-order valence-corrected chi connectivity index (χ4v) is 4.03. The second kappa shape index (κ2) is 9.73. The molecule has 1 aliphatic rings. The number of urea groups is 1. The summed E-state index contributed by atoms with van der Waals surface area (Å²) in [4.78, 5) is 34.4. The number of carbonyl (C=O) groups is 2. The van der Waals surface area contributed by atoms with Crippen LogP contribution in [0.2, 0.25) is 0 Å². The molecule has 3 heterocycles. The molecule has 2 aromatic heterocycles. The van der Waals surface area contributed by atoms with Gasteiger partial charge in [0.1, 0.15) is 0 Å². The number of rotatable bonds is 5. The summed E-state index contributed by atoms with van der Waals surface area (Å²) in [5.41, 5.74) is 3.18. The van der Waals surface area contributed by atoms with Crippen LogP contribution in [0.3, 0.4) is 0 Å². The largest absolute Gasteiger partial charge is 0.478 e. The lowest BCUT2D eigenvalue weighted by atomic mass is 10.1. The topological polar surface area (TPSA) is 125 Å². The van der Waals surface area contributed by atoms with E-state index < -0.39 is 5.97 Å². The van der Waals surface area contributed by atoms with Gasteiger partial charge in [0, 0.05) is 36.6 Å². The molecule has 0 spiro atoms.